The summed E-state index contributed by atoms with van der Waals surface area (Å²) < 4.78 is 0. The quantitative estimate of drug-likeness (QED) is 0.615. The molecule has 1 fully saturated rings. The third-order valence-electron chi connectivity index (χ3n) is 2.42. The molecule has 1 rings (SSSR count). The van der Waals surface area contributed by atoms with E-state index in [-0.39, 0.29) is 0 Å². The van der Waals surface area contributed by atoms with E-state index >= 15 is 0 Å². The van der Waals surface area contributed by atoms with Crippen molar-refractivity contribution in [2.45, 2.75) is 60.3 Å². The minimum atomic E-state index is 1.03. The van der Waals surface area contributed by atoms with Gasteiger partial charge in [-0.15, -0.1) is 0 Å². The summed E-state index contributed by atoms with van der Waals surface area (Å²) in [7, 11) is 2.21. The maximum absolute atomic E-state index is 2.42. The van der Waals surface area contributed by atoms with Crippen LogP contribution in [0.2, 0.25) is 0 Å². The van der Waals surface area contributed by atoms with Gasteiger partial charge in [0.1, 0.15) is 0 Å². The van der Waals surface area contributed by atoms with Crippen molar-refractivity contribution in [3.05, 3.63) is 0 Å². The van der Waals surface area contributed by atoms with Gasteiger partial charge in [0.2, 0.25) is 0 Å². The van der Waals surface area contributed by atoms with Crippen LogP contribution in [0.25, 0.3) is 0 Å². The van der Waals surface area contributed by atoms with Crippen molar-refractivity contribution in [1.82, 2.24) is 4.90 Å². The molecule has 0 aliphatic carbocycles. The van der Waals surface area contributed by atoms with Crippen LogP contribution in [0.1, 0.15) is 60.3 Å². The standard InChI is InChI=1S/C8H17N.C3H8.C2H6/c1-3-8-4-6-9(2)7-5-8;1-3-2;1-2/h8H,3-7H2,1-2H3;3H2,1-2H3;1-2H3. The third kappa shape index (κ3) is 10.0. The summed E-state index contributed by atoms with van der Waals surface area (Å²) in [6, 6.07) is 0. The highest BCUT2D eigenvalue weighted by Crippen LogP contribution is 2.18. The molecule has 0 amide bonds. The minimum Gasteiger partial charge on any atom is -0.306 e. The molecule has 0 aromatic rings. The zero-order valence-corrected chi connectivity index (χ0v) is 11.3. The van der Waals surface area contributed by atoms with E-state index in [1.165, 1.54) is 38.8 Å². The van der Waals surface area contributed by atoms with Crippen LogP contribution in [0.5, 0.6) is 0 Å². The molecule has 0 spiro atoms. The molecule has 0 N–H and O–H groups in total. The number of nitrogens with zero attached hydrogens (tertiary/aromatic N) is 1. The Labute approximate surface area is 91.9 Å². The normalized spacial score (nSPS) is 17.6. The van der Waals surface area contributed by atoms with E-state index < -0.39 is 0 Å². The van der Waals surface area contributed by atoms with Crippen LogP contribution >= 0.6 is 0 Å². The fraction of sp³-hybridized carbons (Fsp3) is 1.00. The van der Waals surface area contributed by atoms with E-state index in [4.69, 9.17) is 0 Å². The van der Waals surface area contributed by atoms with Gasteiger partial charge >= 0.3 is 0 Å². The second kappa shape index (κ2) is 13.0. The minimum absolute atomic E-state index is 1.03. The topological polar surface area (TPSA) is 3.24 Å². The fourth-order valence-corrected chi connectivity index (χ4v) is 1.47. The van der Waals surface area contributed by atoms with Crippen LogP contribution < -0.4 is 0 Å². The van der Waals surface area contributed by atoms with Crippen LogP contribution in [-0.4, -0.2) is 25.0 Å². The van der Waals surface area contributed by atoms with Crippen molar-refractivity contribution in [1.29, 1.82) is 0 Å². The lowest BCUT2D eigenvalue weighted by atomic mass is 9.95. The SMILES string of the molecule is CC.CCC.CCC1CCN(C)CC1. The van der Waals surface area contributed by atoms with Gasteiger partial charge in [0.25, 0.3) is 0 Å². The zero-order valence-electron chi connectivity index (χ0n) is 11.3. The van der Waals surface area contributed by atoms with Crippen molar-refractivity contribution >= 4 is 0 Å². The van der Waals surface area contributed by atoms with Crippen molar-refractivity contribution in [3.8, 4) is 0 Å². The summed E-state index contributed by atoms with van der Waals surface area (Å²) in [5.74, 6) is 1.03. The van der Waals surface area contributed by atoms with Gasteiger partial charge in [-0.05, 0) is 38.9 Å². The van der Waals surface area contributed by atoms with Gasteiger partial charge in [0.15, 0.2) is 0 Å². The Balaban J connectivity index is 0. The number of hydrogen-bond donors (Lipinski definition) is 0. The molecule has 0 saturated carbocycles. The smallest absolute Gasteiger partial charge is 0.00191 e. The largest absolute Gasteiger partial charge is 0.306 e. The lowest BCUT2D eigenvalue weighted by Crippen LogP contribution is -2.29. The highest BCUT2D eigenvalue weighted by molar-refractivity contribution is 4.67. The first-order valence-electron chi connectivity index (χ1n) is 6.43. The van der Waals surface area contributed by atoms with E-state index in [2.05, 4.69) is 32.7 Å². The van der Waals surface area contributed by atoms with Crippen molar-refractivity contribution in [2.75, 3.05) is 20.1 Å². The molecule has 0 aromatic carbocycles. The number of likely N-dealkylation sites (tertiary alicyclic amines) is 1. The molecule has 1 aliphatic rings. The molecule has 1 heterocycles. The Morgan fingerprint density at radius 1 is 1.00 bits per heavy atom. The number of piperidine rings is 1. The Hall–Kier alpha value is -0.0400. The summed E-state index contributed by atoms with van der Waals surface area (Å²) in [6.45, 7) is 13.2. The zero-order chi connectivity index (χ0) is 11.4. The van der Waals surface area contributed by atoms with Crippen LogP contribution in [0, 0.1) is 5.92 Å². The van der Waals surface area contributed by atoms with Gasteiger partial charge in [-0.3, -0.25) is 0 Å². The average molecular weight is 201 g/mol. The summed E-state index contributed by atoms with van der Waals surface area (Å²) >= 11 is 0. The van der Waals surface area contributed by atoms with Gasteiger partial charge in [-0.2, -0.15) is 0 Å². The van der Waals surface area contributed by atoms with Crippen LogP contribution in [0.15, 0.2) is 0 Å². The van der Waals surface area contributed by atoms with Gasteiger partial charge in [0.05, 0.1) is 0 Å². The van der Waals surface area contributed by atoms with Gasteiger partial charge < -0.3 is 4.90 Å². The Morgan fingerprint density at radius 3 is 1.64 bits per heavy atom. The molecule has 1 saturated heterocycles. The first kappa shape index (κ1) is 16.4. The molecule has 0 atom stereocenters. The maximum Gasteiger partial charge on any atom is -0.00191 e. The molecule has 1 heteroatoms. The van der Waals surface area contributed by atoms with Crippen LogP contribution in [0.4, 0.5) is 0 Å². The van der Waals surface area contributed by atoms with Crippen molar-refractivity contribution in [2.24, 2.45) is 5.92 Å². The predicted molar refractivity (Wildman–Crippen MR) is 67.8 cm³/mol. The molecule has 0 radical (unpaired) electrons. The van der Waals surface area contributed by atoms with E-state index in [9.17, 15) is 0 Å². The van der Waals surface area contributed by atoms with Gasteiger partial charge in [-0.1, -0.05) is 47.5 Å². The lowest BCUT2D eigenvalue weighted by Gasteiger charge is -2.27. The summed E-state index contributed by atoms with van der Waals surface area (Å²) in [5.41, 5.74) is 0. The van der Waals surface area contributed by atoms with E-state index in [0.29, 0.717) is 0 Å². The highest BCUT2D eigenvalue weighted by atomic mass is 15.1. The van der Waals surface area contributed by atoms with E-state index in [1.54, 1.807) is 0 Å². The summed E-state index contributed by atoms with van der Waals surface area (Å²) in [6.07, 6.45) is 5.48. The molecular weight excluding hydrogens is 170 g/mol. The van der Waals surface area contributed by atoms with Crippen molar-refractivity contribution in [3.63, 3.8) is 0 Å². The second-order valence-electron chi connectivity index (χ2n) is 3.86. The Kier molecular flexibility index (Phi) is 15.2. The lowest BCUT2D eigenvalue weighted by molar-refractivity contribution is 0.216. The van der Waals surface area contributed by atoms with Crippen LogP contribution in [-0.2, 0) is 0 Å². The summed E-state index contributed by atoms with van der Waals surface area (Å²) in [5, 5.41) is 0. The van der Waals surface area contributed by atoms with E-state index in [0.717, 1.165) is 5.92 Å². The molecule has 0 bridgehead atoms. The van der Waals surface area contributed by atoms with E-state index in [1.807, 2.05) is 13.8 Å². The Bertz CT molecular complexity index is 83.2. The second-order valence-corrected chi connectivity index (χ2v) is 3.86. The van der Waals surface area contributed by atoms with Crippen molar-refractivity contribution < 1.29 is 0 Å². The third-order valence-corrected chi connectivity index (χ3v) is 2.42. The monoisotopic (exact) mass is 201 g/mol. The fourth-order valence-electron chi connectivity index (χ4n) is 1.47. The molecular formula is C13H31N. The average Bonchev–Trinajstić information content (AvgIpc) is 2.23. The number of hydrogen-bond acceptors (Lipinski definition) is 1. The molecule has 0 unspecified atom stereocenters. The molecule has 1 aliphatic heterocycles. The number of rotatable bonds is 1. The predicted octanol–water partition coefficient (Wildman–Crippen LogP) is 4.18. The van der Waals surface area contributed by atoms with Gasteiger partial charge in [-0.25, -0.2) is 0 Å². The Morgan fingerprint density at radius 2 is 1.36 bits per heavy atom. The highest BCUT2D eigenvalue weighted by Gasteiger charge is 2.13. The summed E-state index contributed by atoms with van der Waals surface area (Å²) in [4.78, 5) is 2.42. The molecule has 0 aromatic heterocycles. The molecule has 1 nitrogen and oxygen atoms in total. The molecule has 14 heavy (non-hydrogen) atoms. The molecule has 88 valence electrons. The maximum atomic E-state index is 2.42. The first-order valence-corrected chi connectivity index (χ1v) is 6.43. The van der Waals surface area contributed by atoms with Crippen LogP contribution in [0.3, 0.4) is 0 Å². The first-order chi connectivity index (χ1) is 6.74. The van der Waals surface area contributed by atoms with Gasteiger partial charge in [0, 0.05) is 0 Å².